The molecule has 0 atom stereocenters. The Bertz CT molecular complexity index is 429. The molecule has 0 spiro atoms. The van der Waals surface area contributed by atoms with Gasteiger partial charge in [0, 0.05) is 25.2 Å². The van der Waals surface area contributed by atoms with Gasteiger partial charge in [-0.05, 0) is 11.4 Å². The fourth-order valence-electron chi connectivity index (χ4n) is 1.18. The molecule has 2 rings (SSSR count). The summed E-state index contributed by atoms with van der Waals surface area (Å²) in [5, 5.41) is 11.8. The number of hydrogen-bond acceptors (Lipinski definition) is 5. The Balaban J connectivity index is 2.33. The lowest BCUT2D eigenvalue weighted by atomic mass is 10.4. The third kappa shape index (κ3) is 1.69. The maximum atomic E-state index is 8.78. The van der Waals surface area contributed by atoms with Crippen LogP contribution in [0.15, 0.2) is 17.6 Å². The third-order valence-electron chi connectivity index (χ3n) is 1.97. The predicted octanol–water partition coefficient (Wildman–Crippen LogP) is 1.12. The molecule has 0 unspecified atom stereocenters. The van der Waals surface area contributed by atoms with Gasteiger partial charge in [-0.3, -0.25) is 0 Å². The number of anilines is 1. The van der Waals surface area contributed by atoms with Crippen LogP contribution in [-0.4, -0.2) is 35.3 Å². The van der Waals surface area contributed by atoms with Gasteiger partial charge in [0.2, 0.25) is 5.95 Å². The van der Waals surface area contributed by atoms with Crippen molar-refractivity contribution in [3.05, 3.63) is 17.6 Å². The summed E-state index contributed by atoms with van der Waals surface area (Å²) in [6.07, 6.45) is 1.81. The van der Waals surface area contributed by atoms with E-state index in [0.717, 1.165) is 10.2 Å². The Hall–Kier alpha value is -1.20. The number of fused-ring (bicyclic) bond motifs is 1. The molecule has 0 aliphatic heterocycles. The van der Waals surface area contributed by atoms with E-state index in [4.69, 9.17) is 5.11 Å². The van der Waals surface area contributed by atoms with Gasteiger partial charge in [-0.1, -0.05) is 0 Å². The highest BCUT2D eigenvalue weighted by atomic mass is 32.1. The fraction of sp³-hybridized carbons (Fsp3) is 0.333. The van der Waals surface area contributed by atoms with Gasteiger partial charge < -0.3 is 10.0 Å². The number of nitrogens with zero attached hydrogens (tertiary/aromatic N) is 3. The second-order valence-electron chi connectivity index (χ2n) is 3.00. The number of aliphatic hydroxyl groups is 1. The van der Waals surface area contributed by atoms with Crippen molar-refractivity contribution in [1.29, 1.82) is 0 Å². The van der Waals surface area contributed by atoms with Gasteiger partial charge in [0.25, 0.3) is 0 Å². The first-order chi connectivity index (χ1) is 6.81. The number of hydrogen-bond donors (Lipinski definition) is 1. The molecular formula is C9H11N3OS. The van der Waals surface area contributed by atoms with E-state index in [2.05, 4.69) is 9.97 Å². The van der Waals surface area contributed by atoms with E-state index >= 15 is 0 Å². The second kappa shape index (κ2) is 3.89. The summed E-state index contributed by atoms with van der Waals surface area (Å²) in [4.78, 5) is 11.4. The SMILES string of the molecule is CN(CCO)c1ncc2ccsc2n1. The van der Waals surface area contributed by atoms with Gasteiger partial charge in [-0.25, -0.2) is 9.97 Å². The lowest BCUT2D eigenvalue weighted by molar-refractivity contribution is 0.303. The molecule has 0 aliphatic rings. The molecule has 0 saturated carbocycles. The Kier molecular flexibility index (Phi) is 2.60. The Morgan fingerprint density at radius 3 is 3.21 bits per heavy atom. The lowest BCUT2D eigenvalue weighted by Gasteiger charge is -2.14. The summed E-state index contributed by atoms with van der Waals surface area (Å²) in [6, 6.07) is 2.00. The lowest BCUT2D eigenvalue weighted by Crippen LogP contribution is -2.23. The summed E-state index contributed by atoms with van der Waals surface area (Å²) in [5.41, 5.74) is 0. The standard InChI is InChI=1S/C9H11N3OS/c1-12(3-4-13)9-10-6-7-2-5-14-8(7)11-9/h2,5-6,13H,3-4H2,1H3. The largest absolute Gasteiger partial charge is 0.395 e. The minimum atomic E-state index is 0.113. The molecule has 0 aliphatic carbocycles. The molecule has 2 aromatic rings. The van der Waals surface area contributed by atoms with E-state index in [0.29, 0.717) is 12.5 Å². The van der Waals surface area contributed by atoms with Crippen LogP contribution in [0.4, 0.5) is 5.95 Å². The molecule has 0 fully saturated rings. The summed E-state index contributed by atoms with van der Waals surface area (Å²) in [5.74, 6) is 0.661. The summed E-state index contributed by atoms with van der Waals surface area (Å²) in [7, 11) is 1.87. The molecule has 0 bridgehead atoms. The smallest absolute Gasteiger partial charge is 0.226 e. The molecule has 14 heavy (non-hydrogen) atoms. The van der Waals surface area contributed by atoms with Crippen LogP contribution in [0.5, 0.6) is 0 Å². The normalized spacial score (nSPS) is 10.7. The predicted molar refractivity (Wildman–Crippen MR) is 57.8 cm³/mol. The van der Waals surface area contributed by atoms with Crippen molar-refractivity contribution in [2.45, 2.75) is 0 Å². The number of thiophene rings is 1. The van der Waals surface area contributed by atoms with Crippen molar-refractivity contribution in [2.24, 2.45) is 0 Å². The first kappa shape index (κ1) is 9.36. The van der Waals surface area contributed by atoms with E-state index in [1.165, 1.54) is 0 Å². The van der Waals surface area contributed by atoms with E-state index in [-0.39, 0.29) is 6.61 Å². The average Bonchev–Trinajstić information content (AvgIpc) is 2.64. The minimum absolute atomic E-state index is 0.113. The van der Waals surface area contributed by atoms with Crippen LogP contribution in [0.2, 0.25) is 0 Å². The van der Waals surface area contributed by atoms with Crippen LogP contribution < -0.4 is 4.90 Å². The van der Waals surface area contributed by atoms with Crippen LogP contribution in [0, 0.1) is 0 Å². The molecule has 74 valence electrons. The number of rotatable bonds is 3. The molecule has 0 amide bonds. The number of likely N-dealkylation sites (N-methyl/N-ethyl adjacent to an activating group) is 1. The monoisotopic (exact) mass is 209 g/mol. The van der Waals surface area contributed by atoms with Gasteiger partial charge in [-0.2, -0.15) is 0 Å². The average molecular weight is 209 g/mol. The van der Waals surface area contributed by atoms with E-state index in [1.807, 2.05) is 29.6 Å². The number of aliphatic hydroxyl groups excluding tert-OH is 1. The molecular weight excluding hydrogens is 198 g/mol. The van der Waals surface area contributed by atoms with Crippen molar-refractivity contribution >= 4 is 27.5 Å². The van der Waals surface area contributed by atoms with Gasteiger partial charge in [0.15, 0.2) is 0 Å². The van der Waals surface area contributed by atoms with E-state index in [9.17, 15) is 0 Å². The zero-order chi connectivity index (χ0) is 9.97. The summed E-state index contributed by atoms with van der Waals surface area (Å²) < 4.78 is 0. The summed E-state index contributed by atoms with van der Waals surface area (Å²) in [6.45, 7) is 0.666. The third-order valence-corrected chi connectivity index (χ3v) is 2.79. The molecule has 0 aromatic carbocycles. The molecule has 4 nitrogen and oxygen atoms in total. The summed E-state index contributed by atoms with van der Waals surface area (Å²) >= 11 is 1.60. The maximum absolute atomic E-state index is 8.78. The van der Waals surface area contributed by atoms with Crippen LogP contribution in [0.25, 0.3) is 10.2 Å². The number of aromatic nitrogens is 2. The zero-order valence-corrected chi connectivity index (χ0v) is 8.66. The van der Waals surface area contributed by atoms with Crippen molar-refractivity contribution in [1.82, 2.24) is 9.97 Å². The van der Waals surface area contributed by atoms with Gasteiger partial charge in [0.05, 0.1) is 6.61 Å². The second-order valence-corrected chi connectivity index (χ2v) is 3.89. The molecule has 2 aromatic heterocycles. The Morgan fingerprint density at radius 1 is 1.57 bits per heavy atom. The first-order valence-electron chi connectivity index (χ1n) is 4.33. The van der Waals surface area contributed by atoms with Crippen LogP contribution in [-0.2, 0) is 0 Å². The minimum Gasteiger partial charge on any atom is -0.395 e. The van der Waals surface area contributed by atoms with Crippen molar-refractivity contribution in [2.75, 3.05) is 25.1 Å². The highest BCUT2D eigenvalue weighted by molar-refractivity contribution is 7.16. The molecule has 0 saturated heterocycles. The molecule has 0 radical (unpaired) electrons. The van der Waals surface area contributed by atoms with Crippen molar-refractivity contribution in [3.63, 3.8) is 0 Å². The van der Waals surface area contributed by atoms with Gasteiger partial charge in [-0.15, -0.1) is 11.3 Å². The fourth-order valence-corrected chi connectivity index (χ4v) is 1.92. The zero-order valence-electron chi connectivity index (χ0n) is 7.84. The Labute approximate surface area is 85.8 Å². The maximum Gasteiger partial charge on any atom is 0.226 e. The van der Waals surface area contributed by atoms with E-state index < -0.39 is 0 Å². The Morgan fingerprint density at radius 2 is 2.43 bits per heavy atom. The van der Waals surface area contributed by atoms with Gasteiger partial charge in [0.1, 0.15) is 4.83 Å². The molecule has 5 heteroatoms. The highest BCUT2D eigenvalue weighted by Crippen LogP contribution is 2.19. The molecule has 1 N–H and O–H groups in total. The first-order valence-corrected chi connectivity index (χ1v) is 5.21. The van der Waals surface area contributed by atoms with E-state index in [1.54, 1.807) is 11.3 Å². The van der Waals surface area contributed by atoms with Crippen molar-refractivity contribution < 1.29 is 5.11 Å². The molecule has 2 heterocycles. The van der Waals surface area contributed by atoms with Crippen LogP contribution in [0.1, 0.15) is 0 Å². The highest BCUT2D eigenvalue weighted by Gasteiger charge is 2.04. The quantitative estimate of drug-likeness (QED) is 0.823. The van der Waals surface area contributed by atoms with Crippen molar-refractivity contribution in [3.8, 4) is 0 Å². The van der Waals surface area contributed by atoms with Crippen LogP contribution in [0.3, 0.4) is 0 Å². The van der Waals surface area contributed by atoms with Gasteiger partial charge >= 0.3 is 0 Å². The topological polar surface area (TPSA) is 49.2 Å². The van der Waals surface area contributed by atoms with Crippen LogP contribution >= 0.6 is 11.3 Å².